The van der Waals surface area contributed by atoms with Crippen LogP contribution in [-0.4, -0.2) is 27.8 Å². The zero-order chi connectivity index (χ0) is 37.5. The summed E-state index contributed by atoms with van der Waals surface area (Å²) in [5.41, 5.74) is 10.5. The Morgan fingerprint density at radius 3 is 1.91 bits per heavy atom. The van der Waals surface area contributed by atoms with Crippen LogP contribution < -0.4 is 17.7 Å². The van der Waals surface area contributed by atoms with Gasteiger partial charge in [-0.2, -0.15) is 0 Å². The Kier molecular flexibility index (Phi) is 7.07. The molecule has 0 atom stereocenters. The van der Waals surface area contributed by atoms with Crippen molar-refractivity contribution < 1.29 is 4.42 Å². The van der Waals surface area contributed by atoms with Crippen LogP contribution in [-0.2, 0) is 0 Å². The number of nitrogens with zero attached hydrogens (tertiary/aromatic N) is 3. The van der Waals surface area contributed by atoms with Crippen LogP contribution in [0.4, 0.5) is 0 Å². The van der Waals surface area contributed by atoms with Gasteiger partial charge in [0.05, 0.1) is 0 Å². The van der Waals surface area contributed by atoms with E-state index in [0.29, 0.717) is 0 Å². The molecule has 8 aromatic carbocycles. The van der Waals surface area contributed by atoms with Crippen molar-refractivity contribution in [3.8, 4) is 39.5 Å². The summed E-state index contributed by atoms with van der Waals surface area (Å²) in [6.07, 6.45) is 0. The molecule has 1 aliphatic rings. The molecule has 12 rings (SSSR count). The number of hydrogen-bond acceptors (Lipinski definition) is 3. The molecular formula is C52H33GeN3O. The zero-order valence-electron chi connectivity index (χ0n) is 30.8. The van der Waals surface area contributed by atoms with Crippen molar-refractivity contribution in [2.24, 2.45) is 0 Å². The van der Waals surface area contributed by atoms with Crippen LogP contribution in [0.25, 0.3) is 83.2 Å². The molecule has 0 N–H and O–H groups in total. The summed E-state index contributed by atoms with van der Waals surface area (Å²) in [6.45, 7) is 0. The average molecular weight is 788 g/mol. The first-order valence-corrected chi connectivity index (χ1v) is 23.6. The summed E-state index contributed by atoms with van der Waals surface area (Å²) < 4.78 is 14.1. The van der Waals surface area contributed by atoms with E-state index in [9.17, 15) is 0 Å². The van der Waals surface area contributed by atoms with E-state index in [0.717, 1.165) is 66.9 Å². The Morgan fingerprint density at radius 2 is 1.12 bits per heavy atom. The monoisotopic (exact) mass is 789 g/mol. The van der Waals surface area contributed by atoms with Gasteiger partial charge < -0.3 is 0 Å². The number of furan rings is 1. The van der Waals surface area contributed by atoms with Gasteiger partial charge >= 0.3 is 327 Å². The van der Waals surface area contributed by atoms with Gasteiger partial charge in [0.1, 0.15) is 0 Å². The number of hydrogen-bond donors (Lipinski definition) is 0. The second-order valence-electron chi connectivity index (χ2n) is 14.8. The molecule has 0 saturated carbocycles. The van der Waals surface area contributed by atoms with Gasteiger partial charge in [0.2, 0.25) is 0 Å². The van der Waals surface area contributed by atoms with Crippen LogP contribution in [0.1, 0.15) is 0 Å². The first-order chi connectivity index (χ1) is 28.3. The molecule has 0 fully saturated rings. The fourth-order valence-electron chi connectivity index (χ4n) is 9.52. The predicted octanol–water partition coefficient (Wildman–Crippen LogP) is 10.2. The minimum atomic E-state index is -3.69. The molecule has 0 saturated heterocycles. The first kappa shape index (κ1) is 32.2. The van der Waals surface area contributed by atoms with Crippen molar-refractivity contribution in [1.82, 2.24) is 14.5 Å². The second-order valence-corrected chi connectivity index (χ2v) is 22.5. The molecule has 4 heterocycles. The van der Waals surface area contributed by atoms with E-state index in [1.54, 1.807) is 0 Å². The normalized spacial score (nSPS) is 13.1. The standard InChI is InChI=1S/C52H33GeN3O/c1-4-17-34(18-5-1)49-48-41-26-10-13-28-43(41)53(36-20-6-2-7-21-36,37-22-8-3-9-23-37)51(48)55-52(54-49)35-19-16-24-38(33-35)56-44-29-14-11-25-39(44)40-31-32-46-47(50(40)56)42-27-12-15-30-45(42)57-46/h1-33H. The molecular weight excluding hydrogens is 755 g/mol. The van der Waals surface area contributed by atoms with Crippen molar-refractivity contribution in [3.05, 3.63) is 200 Å². The van der Waals surface area contributed by atoms with Crippen LogP contribution >= 0.6 is 0 Å². The summed E-state index contributed by atoms with van der Waals surface area (Å²) in [6, 6.07) is 72.1. The fraction of sp³-hybridized carbons (Fsp3) is 0. The minimum absolute atomic E-state index is 0.726. The summed E-state index contributed by atoms with van der Waals surface area (Å²) in [5.74, 6) is 0.726. The van der Waals surface area contributed by atoms with E-state index in [1.807, 2.05) is 6.07 Å². The third kappa shape index (κ3) is 4.62. The molecule has 0 spiro atoms. The van der Waals surface area contributed by atoms with Crippen molar-refractivity contribution >= 4 is 74.7 Å². The molecule has 5 heteroatoms. The van der Waals surface area contributed by atoms with E-state index in [-0.39, 0.29) is 0 Å². The van der Waals surface area contributed by atoms with Crippen LogP contribution in [0.15, 0.2) is 205 Å². The molecule has 0 amide bonds. The van der Waals surface area contributed by atoms with Gasteiger partial charge in [-0.1, -0.05) is 6.07 Å². The van der Waals surface area contributed by atoms with E-state index in [4.69, 9.17) is 14.4 Å². The number of fused-ring (bicyclic) bond motifs is 10. The van der Waals surface area contributed by atoms with Crippen LogP contribution in [0.3, 0.4) is 0 Å². The third-order valence-corrected chi connectivity index (χ3v) is 21.8. The molecule has 0 aliphatic carbocycles. The summed E-state index contributed by atoms with van der Waals surface area (Å²) in [5, 5.41) is 4.62. The average Bonchev–Trinajstić information content (AvgIpc) is 3.93. The molecule has 11 aromatic rings. The predicted molar refractivity (Wildman–Crippen MR) is 237 cm³/mol. The Balaban J connectivity index is 1.17. The van der Waals surface area contributed by atoms with E-state index >= 15 is 0 Å². The molecule has 1 aliphatic heterocycles. The topological polar surface area (TPSA) is 43.9 Å². The second kappa shape index (κ2) is 12.5. The van der Waals surface area contributed by atoms with Crippen molar-refractivity contribution in [3.63, 3.8) is 0 Å². The number of benzene rings is 8. The maximum atomic E-state index is 6.43. The van der Waals surface area contributed by atoms with Crippen LogP contribution in [0, 0.1) is 0 Å². The van der Waals surface area contributed by atoms with Gasteiger partial charge in [0.15, 0.2) is 0 Å². The summed E-state index contributed by atoms with van der Waals surface area (Å²) >= 11 is -3.69. The first-order valence-electron chi connectivity index (χ1n) is 19.4. The molecule has 0 unspecified atom stereocenters. The Hall–Kier alpha value is -7.02. The molecule has 57 heavy (non-hydrogen) atoms. The van der Waals surface area contributed by atoms with E-state index in [2.05, 4.69) is 199 Å². The van der Waals surface area contributed by atoms with Gasteiger partial charge in [-0.05, 0) is 0 Å². The van der Waals surface area contributed by atoms with Crippen molar-refractivity contribution in [2.45, 2.75) is 0 Å². The van der Waals surface area contributed by atoms with E-state index in [1.165, 1.54) is 34.1 Å². The van der Waals surface area contributed by atoms with Gasteiger partial charge in [-0.25, -0.2) is 0 Å². The quantitative estimate of drug-likeness (QED) is 0.163. The van der Waals surface area contributed by atoms with Crippen LogP contribution in [0.5, 0.6) is 0 Å². The summed E-state index contributed by atoms with van der Waals surface area (Å²) in [4.78, 5) is 11.4. The van der Waals surface area contributed by atoms with Gasteiger partial charge in [0, 0.05) is 0 Å². The fourth-order valence-corrected chi connectivity index (χ4v) is 20.0. The summed E-state index contributed by atoms with van der Waals surface area (Å²) in [7, 11) is 0. The molecule has 266 valence electrons. The number of aromatic nitrogens is 3. The van der Waals surface area contributed by atoms with Crippen molar-refractivity contribution in [1.29, 1.82) is 0 Å². The number of rotatable bonds is 5. The Morgan fingerprint density at radius 1 is 0.474 bits per heavy atom. The Labute approximate surface area is 331 Å². The van der Waals surface area contributed by atoms with Crippen LogP contribution in [0.2, 0.25) is 0 Å². The third-order valence-electron chi connectivity index (χ3n) is 11.9. The maximum absolute atomic E-state index is 6.43. The molecule has 4 nitrogen and oxygen atoms in total. The van der Waals surface area contributed by atoms with E-state index < -0.39 is 13.3 Å². The Bertz CT molecular complexity index is 3310. The zero-order valence-corrected chi connectivity index (χ0v) is 32.9. The molecule has 0 radical (unpaired) electrons. The van der Waals surface area contributed by atoms with Crippen molar-refractivity contribution in [2.75, 3.05) is 0 Å². The van der Waals surface area contributed by atoms with Gasteiger partial charge in [-0.15, -0.1) is 0 Å². The molecule has 3 aromatic heterocycles. The molecule has 0 bridgehead atoms. The van der Waals surface area contributed by atoms with Gasteiger partial charge in [0.25, 0.3) is 0 Å². The SMILES string of the molecule is c1ccc(-c2nc(-c3cccc(-n4c5ccccc5c5ccc6oc7ccccc7c6c54)c3)n[c]3c2-c2cccc[c]2[Ge]3([c]2ccccc2)[c]2ccccc2)cc1. The number of para-hydroxylation sites is 2. The van der Waals surface area contributed by atoms with Gasteiger partial charge in [-0.3, -0.25) is 0 Å².